The van der Waals surface area contributed by atoms with E-state index in [-0.39, 0.29) is 17.9 Å². The molecule has 0 bridgehead atoms. The first-order valence-electron chi connectivity index (χ1n) is 10.7. The molecule has 3 aromatic rings. The molecule has 1 aliphatic carbocycles. The van der Waals surface area contributed by atoms with Gasteiger partial charge in [0.25, 0.3) is 5.91 Å². The van der Waals surface area contributed by atoms with Crippen molar-refractivity contribution in [2.24, 2.45) is 0 Å². The van der Waals surface area contributed by atoms with Crippen molar-refractivity contribution in [3.8, 4) is 0 Å². The number of anilines is 1. The molecule has 1 N–H and O–H groups in total. The van der Waals surface area contributed by atoms with Crippen LogP contribution < -0.4 is 10.2 Å². The number of carbonyl (C=O) groups excluding carboxylic acids is 2. The van der Waals surface area contributed by atoms with Gasteiger partial charge in [-0.25, -0.2) is 0 Å². The Morgan fingerprint density at radius 2 is 1.83 bits per heavy atom. The molecule has 6 heteroatoms. The quantitative estimate of drug-likeness (QED) is 0.661. The van der Waals surface area contributed by atoms with Gasteiger partial charge in [-0.15, -0.1) is 11.3 Å². The zero-order chi connectivity index (χ0) is 21.0. The highest BCUT2D eigenvalue weighted by molar-refractivity contribution is 7.16. The fraction of sp³-hybridized carbons (Fsp3) is 0.417. The number of benzene rings is 1. The molecule has 30 heavy (non-hydrogen) atoms. The van der Waals surface area contributed by atoms with Crippen LogP contribution in [0.2, 0.25) is 0 Å². The Balaban J connectivity index is 1.64. The molecule has 0 radical (unpaired) electrons. The SMILES string of the molecule is Cc1cc(C)cc(N2C(=O)c3cc4ccsc4n3CC2(C)C(=O)NC2CCCC2)c1. The minimum Gasteiger partial charge on any atom is -0.351 e. The number of nitrogens with zero attached hydrogens (tertiary/aromatic N) is 2. The van der Waals surface area contributed by atoms with Gasteiger partial charge in [-0.05, 0) is 74.4 Å². The molecule has 1 saturated carbocycles. The van der Waals surface area contributed by atoms with Crippen LogP contribution in [0.1, 0.15) is 54.2 Å². The Morgan fingerprint density at radius 1 is 1.13 bits per heavy atom. The van der Waals surface area contributed by atoms with Gasteiger partial charge in [-0.1, -0.05) is 18.9 Å². The van der Waals surface area contributed by atoms with Crippen LogP contribution in [0.25, 0.3) is 10.2 Å². The molecule has 1 aromatic carbocycles. The average Bonchev–Trinajstić information content (AvgIpc) is 3.39. The van der Waals surface area contributed by atoms with Crippen LogP contribution in [0, 0.1) is 13.8 Å². The van der Waals surface area contributed by atoms with Crippen molar-refractivity contribution < 1.29 is 9.59 Å². The van der Waals surface area contributed by atoms with Gasteiger partial charge >= 0.3 is 0 Å². The fourth-order valence-corrected chi connectivity index (χ4v) is 5.99. The smallest absolute Gasteiger partial charge is 0.275 e. The van der Waals surface area contributed by atoms with Crippen LogP contribution in [-0.2, 0) is 11.3 Å². The number of fused-ring (bicyclic) bond motifs is 3. The van der Waals surface area contributed by atoms with Crippen LogP contribution in [0.15, 0.2) is 35.7 Å². The number of thiophene rings is 1. The maximum absolute atomic E-state index is 13.8. The molecule has 2 amide bonds. The predicted molar refractivity (Wildman–Crippen MR) is 121 cm³/mol. The lowest BCUT2D eigenvalue weighted by atomic mass is 9.92. The summed E-state index contributed by atoms with van der Waals surface area (Å²) < 4.78 is 2.04. The fourth-order valence-electron chi connectivity index (χ4n) is 5.09. The van der Waals surface area contributed by atoms with Crippen molar-refractivity contribution >= 4 is 39.1 Å². The van der Waals surface area contributed by atoms with E-state index in [0.29, 0.717) is 12.2 Å². The van der Waals surface area contributed by atoms with E-state index in [2.05, 4.69) is 11.4 Å². The molecule has 1 atom stereocenters. The zero-order valence-corrected chi connectivity index (χ0v) is 18.5. The topological polar surface area (TPSA) is 54.3 Å². The maximum atomic E-state index is 13.8. The van der Waals surface area contributed by atoms with E-state index in [4.69, 9.17) is 0 Å². The third-order valence-electron chi connectivity index (χ3n) is 6.53. The lowest BCUT2D eigenvalue weighted by Gasteiger charge is -2.44. The van der Waals surface area contributed by atoms with Crippen LogP contribution in [0.4, 0.5) is 5.69 Å². The summed E-state index contributed by atoms with van der Waals surface area (Å²) >= 11 is 1.62. The second kappa shape index (κ2) is 6.98. The normalized spacial score (nSPS) is 22.0. The van der Waals surface area contributed by atoms with E-state index in [1.165, 1.54) is 0 Å². The van der Waals surface area contributed by atoms with Gasteiger partial charge in [0.05, 0.1) is 6.54 Å². The molecular weight excluding hydrogens is 394 g/mol. The van der Waals surface area contributed by atoms with Crippen LogP contribution in [0.5, 0.6) is 0 Å². The van der Waals surface area contributed by atoms with Crippen molar-refractivity contribution in [1.82, 2.24) is 9.88 Å². The number of hydrogen-bond acceptors (Lipinski definition) is 3. The standard InChI is InChI=1S/C24H27N3O2S/c1-15-10-16(2)12-19(11-15)27-21(28)20-13-17-8-9-30-22(17)26(20)14-24(27,3)23(29)25-18-6-4-5-7-18/h8-13,18H,4-7,14H2,1-3H3,(H,25,29). The summed E-state index contributed by atoms with van der Waals surface area (Å²) in [7, 11) is 0. The van der Waals surface area contributed by atoms with E-state index in [9.17, 15) is 9.59 Å². The number of aryl methyl sites for hydroxylation is 2. The molecule has 1 aliphatic heterocycles. The lowest BCUT2D eigenvalue weighted by molar-refractivity contribution is -0.127. The molecule has 5 nitrogen and oxygen atoms in total. The molecule has 5 rings (SSSR count). The minimum atomic E-state index is -0.997. The number of rotatable bonds is 3. The van der Waals surface area contributed by atoms with Gasteiger partial charge in [0.15, 0.2) is 0 Å². The van der Waals surface area contributed by atoms with Gasteiger partial charge in [0.2, 0.25) is 5.91 Å². The number of aromatic nitrogens is 1. The van der Waals surface area contributed by atoms with Gasteiger partial charge in [0, 0.05) is 17.1 Å². The van der Waals surface area contributed by atoms with E-state index >= 15 is 0 Å². The van der Waals surface area contributed by atoms with Crippen molar-refractivity contribution in [3.63, 3.8) is 0 Å². The minimum absolute atomic E-state index is 0.0639. The van der Waals surface area contributed by atoms with E-state index in [0.717, 1.165) is 52.7 Å². The monoisotopic (exact) mass is 421 g/mol. The molecule has 1 fully saturated rings. The first-order valence-corrected chi connectivity index (χ1v) is 11.6. The summed E-state index contributed by atoms with van der Waals surface area (Å²) in [6.45, 7) is 6.41. The van der Waals surface area contributed by atoms with Crippen molar-refractivity contribution in [2.45, 2.75) is 64.6 Å². The Morgan fingerprint density at radius 3 is 2.53 bits per heavy atom. The number of amides is 2. The molecule has 0 spiro atoms. The van der Waals surface area contributed by atoms with Crippen molar-refractivity contribution in [3.05, 3.63) is 52.5 Å². The van der Waals surface area contributed by atoms with Crippen molar-refractivity contribution in [1.29, 1.82) is 0 Å². The van der Waals surface area contributed by atoms with Crippen molar-refractivity contribution in [2.75, 3.05) is 4.90 Å². The first kappa shape index (κ1) is 19.4. The lowest BCUT2D eigenvalue weighted by Crippen LogP contribution is -2.65. The average molecular weight is 422 g/mol. The first-order chi connectivity index (χ1) is 14.4. The second-order valence-electron chi connectivity index (χ2n) is 9.01. The highest BCUT2D eigenvalue weighted by Crippen LogP contribution is 2.38. The summed E-state index contributed by atoms with van der Waals surface area (Å²) in [5.74, 6) is -0.176. The van der Waals surface area contributed by atoms with Crippen LogP contribution >= 0.6 is 11.3 Å². The van der Waals surface area contributed by atoms with Crippen LogP contribution in [-0.4, -0.2) is 28.0 Å². The number of nitrogens with one attached hydrogen (secondary N) is 1. The molecule has 3 heterocycles. The highest BCUT2D eigenvalue weighted by atomic mass is 32.1. The second-order valence-corrected chi connectivity index (χ2v) is 9.91. The Bertz CT molecular complexity index is 1130. The Kier molecular flexibility index (Phi) is 4.51. The summed E-state index contributed by atoms with van der Waals surface area (Å²) in [6.07, 6.45) is 4.34. The predicted octanol–water partition coefficient (Wildman–Crippen LogP) is 4.80. The molecule has 2 aliphatic rings. The molecule has 0 saturated heterocycles. The third kappa shape index (κ3) is 2.97. The zero-order valence-electron chi connectivity index (χ0n) is 17.7. The van der Waals surface area contributed by atoms with Gasteiger partial charge in [0.1, 0.15) is 16.1 Å². The summed E-state index contributed by atoms with van der Waals surface area (Å²) in [5, 5.41) is 6.36. The maximum Gasteiger partial charge on any atom is 0.275 e. The molecule has 2 aromatic heterocycles. The van der Waals surface area contributed by atoms with Gasteiger partial charge < -0.3 is 9.88 Å². The van der Waals surface area contributed by atoms with Gasteiger partial charge in [-0.2, -0.15) is 0 Å². The Labute approximate surface area is 180 Å². The Hall–Kier alpha value is -2.60. The third-order valence-corrected chi connectivity index (χ3v) is 7.48. The van der Waals surface area contributed by atoms with E-state index in [1.54, 1.807) is 16.2 Å². The highest BCUT2D eigenvalue weighted by Gasteiger charge is 2.49. The van der Waals surface area contributed by atoms with E-state index < -0.39 is 5.54 Å². The van der Waals surface area contributed by atoms with Crippen LogP contribution in [0.3, 0.4) is 0 Å². The summed E-state index contributed by atoms with van der Waals surface area (Å²) in [6, 6.07) is 10.3. The van der Waals surface area contributed by atoms with E-state index in [1.807, 2.05) is 55.0 Å². The summed E-state index contributed by atoms with van der Waals surface area (Å²) in [4.78, 5) is 30.2. The number of carbonyl (C=O) groups is 2. The summed E-state index contributed by atoms with van der Waals surface area (Å²) in [5.41, 5.74) is 2.61. The van der Waals surface area contributed by atoms with Gasteiger partial charge in [-0.3, -0.25) is 14.5 Å². The largest absolute Gasteiger partial charge is 0.351 e. The number of hydrogen-bond donors (Lipinski definition) is 1. The molecular formula is C24H27N3O2S. The molecule has 156 valence electrons. The molecule has 1 unspecified atom stereocenters.